The van der Waals surface area contributed by atoms with Crippen LogP contribution in [0.4, 0.5) is 0 Å². The summed E-state index contributed by atoms with van der Waals surface area (Å²) in [6.07, 6.45) is 4.42. The Kier molecular flexibility index (Phi) is 0.461. The molecule has 0 radical (unpaired) electrons. The first kappa shape index (κ1) is 3.85. The molecule has 8 heavy (non-hydrogen) atoms. The predicted molar refractivity (Wildman–Crippen MR) is 26.6 cm³/mol. The topological polar surface area (TPSA) is 18.5 Å². The summed E-state index contributed by atoms with van der Waals surface area (Å²) in [5.74, 6) is 0. The summed E-state index contributed by atoms with van der Waals surface area (Å²) < 4.78 is 10.9. The second-order valence-corrected chi connectivity index (χ2v) is 2.91. The van der Waals surface area contributed by atoms with E-state index in [1.165, 1.54) is 12.8 Å². The van der Waals surface area contributed by atoms with Gasteiger partial charge in [0.05, 0.1) is 18.3 Å². The molecule has 3 fully saturated rings. The average molecular weight is 112 g/mol. The van der Waals surface area contributed by atoms with Gasteiger partial charge in [0.1, 0.15) is 6.10 Å². The summed E-state index contributed by atoms with van der Waals surface area (Å²) in [4.78, 5) is 0. The largest absolute Gasteiger partial charge is 0.369 e. The van der Waals surface area contributed by atoms with E-state index in [9.17, 15) is 0 Å². The summed E-state index contributed by atoms with van der Waals surface area (Å²) in [5, 5.41) is 0. The van der Waals surface area contributed by atoms with Crippen LogP contribution in [0, 0.1) is 0 Å². The molecule has 0 saturated carbocycles. The van der Waals surface area contributed by atoms with Gasteiger partial charge >= 0.3 is 0 Å². The Morgan fingerprint density at radius 3 is 2.00 bits per heavy atom. The fourth-order valence-electron chi connectivity index (χ4n) is 2.03. The van der Waals surface area contributed by atoms with Gasteiger partial charge in [0, 0.05) is 12.8 Å². The minimum atomic E-state index is 0.499. The van der Waals surface area contributed by atoms with Crippen molar-refractivity contribution < 1.29 is 9.47 Å². The quantitative estimate of drug-likeness (QED) is 0.449. The van der Waals surface area contributed by atoms with Gasteiger partial charge in [0.25, 0.3) is 0 Å². The van der Waals surface area contributed by atoms with E-state index >= 15 is 0 Å². The molecule has 44 valence electrons. The standard InChI is InChI=1S/C6H8O2/c1-3-2-5-6(7-3)4(1)8-5/h3-6H,1-2H2. The summed E-state index contributed by atoms with van der Waals surface area (Å²) in [6, 6.07) is 0. The summed E-state index contributed by atoms with van der Waals surface area (Å²) in [7, 11) is 0. The van der Waals surface area contributed by atoms with Gasteiger partial charge in [0.2, 0.25) is 0 Å². The zero-order chi connectivity index (χ0) is 5.14. The number of rotatable bonds is 0. The minimum Gasteiger partial charge on any atom is -0.369 e. The highest BCUT2D eigenvalue weighted by Gasteiger charge is 2.57. The van der Waals surface area contributed by atoms with Crippen LogP contribution in [0.1, 0.15) is 12.8 Å². The SMILES string of the molecule is C1C2CC3OC1C3O2. The van der Waals surface area contributed by atoms with Crippen LogP contribution in [0.3, 0.4) is 0 Å². The van der Waals surface area contributed by atoms with Gasteiger partial charge in [-0.1, -0.05) is 0 Å². The van der Waals surface area contributed by atoms with Crippen molar-refractivity contribution in [2.24, 2.45) is 0 Å². The van der Waals surface area contributed by atoms with Crippen molar-refractivity contribution in [2.45, 2.75) is 37.3 Å². The van der Waals surface area contributed by atoms with Crippen LogP contribution >= 0.6 is 0 Å². The second-order valence-electron chi connectivity index (χ2n) is 2.91. The van der Waals surface area contributed by atoms with Gasteiger partial charge in [-0.05, 0) is 0 Å². The summed E-state index contributed by atoms with van der Waals surface area (Å²) in [5.41, 5.74) is 0. The highest BCUT2D eigenvalue weighted by molar-refractivity contribution is 5.04. The van der Waals surface area contributed by atoms with Gasteiger partial charge in [0.15, 0.2) is 0 Å². The first-order valence-electron chi connectivity index (χ1n) is 3.24. The van der Waals surface area contributed by atoms with Crippen molar-refractivity contribution in [3.05, 3.63) is 0 Å². The fourth-order valence-corrected chi connectivity index (χ4v) is 2.03. The maximum atomic E-state index is 5.51. The fraction of sp³-hybridized carbons (Fsp3) is 1.00. The molecule has 0 spiro atoms. The lowest BCUT2D eigenvalue weighted by Gasteiger charge is -2.38. The monoisotopic (exact) mass is 112 g/mol. The van der Waals surface area contributed by atoms with Crippen LogP contribution in [0.15, 0.2) is 0 Å². The predicted octanol–water partition coefficient (Wildman–Crippen LogP) is 0.315. The van der Waals surface area contributed by atoms with Crippen LogP contribution in [0.2, 0.25) is 0 Å². The van der Waals surface area contributed by atoms with Gasteiger partial charge in [-0.25, -0.2) is 0 Å². The molecule has 2 heteroatoms. The molecule has 0 aromatic carbocycles. The molecule has 2 unspecified atom stereocenters. The van der Waals surface area contributed by atoms with Crippen molar-refractivity contribution in [1.82, 2.24) is 0 Å². The number of hydrogen-bond donors (Lipinski definition) is 0. The van der Waals surface area contributed by atoms with Crippen LogP contribution in [-0.2, 0) is 9.47 Å². The molecule has 2 bridgehead atoms. The number of ether oxygens (including phenoxy) is 2. The smallest absolute Gasteiger partial charge is 0.110 e. The maximum absolute atomic E-state index is 5.51. The first-order valence-corrected chi connectivity index (χ1v) is 3.24. The molecule has 2 atom stereocenters. The van der Waals surface area contributed by atoms with E-state index in [0.717, 1.165) is 0 Å². The number of fused-ring (bicyclic) bond motifs is 1. The molecule has 3 rings (SSSR count). The third-order valence-corrected chi connectivity index (χ3v) is 2.42. The lowest BCUT2D eigenvalue weighted by molar-refractivity contribution is -0.174. The van der Waals surface area contributed by atoms with E-state index in [1.54, 1.807) is 0 Å². The molecule has 3 saturated heterocycles. The average Bonchev–Trinajstić information content (AvgIpc) is 2.23. The zero-order valence-corrected chi connectivity index (χ0v) is 4.54. The lowest BCUT2D eigenvalue weighted by Crippen LogP contribution is -2.51. The molecule has 3 aliphatic heterocycles. The van der Waals surface area contributed by atoms with E-state index in [1.807, 2.05) is 0 Å². The van der Waals surface area contributed by atoms with Gasteiger partial charge in [-0.2, -0.15) is 0 Å². The minimum absolute atomic E-state index is 0.499. The van der Waals surface area contributed by atoms with Crippen LogP contribution < -0.4 is 0 Å². The van der Waals surface area contributed by atoms with Crippen LogP contribution in [0.5, 0.6) is 0 Å². The normalized spacial score (nSPS) is 66.0. The lowest BCUT2D eigenvalue weighted by atomic mass is 9.89. The Morgan fingerprint density at radius 2 is 1.75 bits per heavy atom. The Morgan fingerprint density at radius 1 is 1.00 bits per heavy atom. The molecule has 0 aromatic rings. The molecule has 0 aromatic heterocycles. The second kappa shape index (κ2) is 0.957. The Balaban J connectivity index is 2.03. The molecular weight excluding hydrogens is 104 g/mol. The number of hydrogen-bond acceptors (Lipinski definition) is 2. The van der Waals surface area contributed by atoms with Gasteiger partial charge in [-0.15, -0.1) is 0 Å². The molecule has 3 heterocycles. The summed E-state index contributed by atoms with van der Waals surface area (Å²) >= 11 is 0. The maximum Gasteiger partial charge on any atom is 0.110 e. The molecule has 0 aliphatic carbocycles. The van der Waals surface area contributed by atoms with E-state index in [0.29, 0.717) is 24.4 Å². The van der Waals surface area contributed by atoms with Crippen molar-refractivity contribution in [3.63, 3.8) is 0 Å². The Bertz CT molecular complexity index is 120. The molecule has 3 aliphatic rings. The first-order chi connectivity index (χ1) is 3.93. The summed E-state index contributed by atoms with van der Waals surface area (Å²) in [6.45, 7) is 0. The highest BCUT2D eigenvalue weighted by Crippen LogP contribution is 2.46. The van der Waals surface area contributed by atoms with E-state index < -0.39 is 0 Å². The zero-order valence-electron chi connectivity index (χ0n) is 4.54. The van der Waals surface area contributed by atoms with Crippen molar-refractivity contribution in [1.29, 1.82) is 0 Å². The third-order valence-electron chi connectivity index (χ3n) is 2.42. The Labute approximate surface area is 47.8 Å². The van der Waals surface area contributed by atoms with Crippen molar-refractivity contribution in [2.75, 3.05) is 0 Å². The van der Waals surface area contributed by atoms with Crippen molar-refractivity contribution >= 4 is 0 Å². The molecule has 0 amide bonds. The van der Waals surface area contributed by atoms with Crippen LogP contribution in [0.25, 0.3) is 0 Å². The van der Waals surface area contributed by atoms with E-state index in [4.69, 9.17) is 9.47 Å². The van der Waals surface area contributed by atoms with Gasteiger partial charge < -0.3 is 9.47 Å². The van der Waals surface area contributed by atoms with E-state index in [2.05, 4.69) is 0 Å². The Hall–Kier alpha value is -0.0800. The van der Waals surface area contributed by atoms with Gasteiger partial charge in [-0.3, -0.25) is 0 Å². The molecular formula is C6H8O2. The van der Waals surface area contributed by atoms with Crippen LogP contribution in [-0.4, -0.2) is 24.4 Å². The molecule has 0 N–H and O–H groups in total. The van der Waals surface area contributed by atoms with E-state index in [-0.39, 0.29) is 0 Å². The third kappa shape index (κ3) is 0.250. The molecule has 2 nitrogen and oxygen atoms in total. The highest BCUT2D eigenvalue weighted by atomic mass is 16.6. The van der Waals surface area contributed by atoms with Crippen molar-refractivity contribution in [3.8, 4) is 0 Å².